The van der Waals surface area contributed by atoms with E-state index in [1.54, 1.807) is 11.8 Å². The van der Waals surface area contributed by atoms with Crippen molar-refractivity contribution in [1.82, 2.24) is 30.8 Å². The third-order valence-electron chi connectivity index (χ3n) is 7.00. The number of methoxy groups -OCH3 is 1. The first-order valence-electron chi connectivity index (χ1n) is 12.8. The molecule has 13 heteroatoms. The molecule has 0 fully saturated rings. The molecule has 1 aliphatic rings. The zero-order valence-electron chi connectivity index (χ0n) is 23.0. The zero-order chi connectivity index (χ0) is 29.4. The maximum atomic E-state index is 12.7. The van der Waals surface area contributed by atoms with E-state index in [2.05, 4.69) is 25.9 Å². The van der Waals surface area contributed by atoms with E-state index in [0.717, 1.165) is 22.3 Å². The number of benzene rings is 2. The molecular weight excluding hydrogens is 532 g/mol. The number of ether oxygens (including phenoxy) is 1. The van der Waals surface area contributed by atoms with Gasteiger partial charge in [-0.05, 0) is 47.9 Å². The van der Waals surface area contributed by atoms with E-state index < -0.39 is 23.1 Å². The van der Waals surface area contributed by atoms with E-state index >= 15 is 0 Å². The quantitative estimate of drug-likeness (QED) is 0.222. The second-order valence-corrected chi connectivity index (χ2v) is 10.4. The van der Waals surface area contributed by atoms with Gasteiger partial charge in [-0.25, -0.2) is 14.7 Å². The number of aliphatic hydroxyl groups is 1. The molecule has 4 aromatic rings. The molecule has 5 rings (SSSR count). The number of tetrazole rings is 1. The number of aromatic amines is 1. The third-order valence-corrected chi connectivity index (χ3v) is 7.00. The Morgan fingerprint density at radius 1 is 1.12 bits per heavy atom. The van der Waals surface area contributed by atoms with Gasteiger partial charge in [0.2, 0.25) is 0 Å². The summed E-state index contributed by atoms with van der Waals surface area (Å²) >= 11 is 0. The number of carbonyl (C=O) groups is 1. The average Bonchev–Trinajstić information content (AvgIpc) is 3.64. The van der Waals surface area contributed by atoms with Gasteiger partial charge in [-0.15, -0.1) is 5.10 Å². The van der Waals surface area contributed by atoms with Crippen molar-refractivity contribution in [2.75, 3.05) is 13.7 Å². The number of hydrogen-bond donors (Lipinski definition) is 4. The van der Waals surface area contributed by atoms with Crippen LogP contribution in [0, 0.1) is 6.92 Å². The van der Waals surface area contributed by atoms with Crippen molar-refractivity contribution in [3.05, 3.63) is 87.6 Å². The number of aromatic nitrogens is 4. The van der Waals surface area contributed by atoms with Crippen LogP contribution in [0.3, 0.4) is 0 Å². The molecule has 2 aromatic heterocycles. The molecule has 4 N–H and O–H groups in total. The summed E-state index contributed by atoms with van der Waals surface area (Å²) in [4.78, 5) is 26.1. The fourth-order valence-corrected chi connectivity index (χ4v) is 5.14. The molecule has 0 radical (unpaired) electrons. The molecule has 2 aromatic carbocycles. The van der Waals surface area contributed by atoms with Crippen molar-refractivity contribution >= 4 is 5.97 Å². The number of carboxylic acids is 1. The lowest BCUT2D eigenvalue weighted by Gasteiger charge is -2.40. The summed E-state index contributed by atoms with van der Waals surface area (Å²) in [5.41, 5.74) is 0.665. The van der Waals surface area contributed by atoms with Crippen LogP contribution in [-0.4, -0.2) is 66.7 Å². The maximum Gasteiger partial charge on any atom is 0.519 e. The van der Waals surface area contributed by atoms with Crippen molar-refractivity contribution in [1.29, 1.82) is 0 Å². The summed E-state index contributed by atoms with van der Waals surface area (Å²) in [6.45, 7) is 4.71. The number of nitrogens with zero attached hydrogens (tertiary/aromatic N) is 4. The van der Waals surface area contributed by atoms with Gasteiger partial charge in [-0.1, -0.05) is 48.5 Å². The van der Waals surface area contributed by atoms with E-state index in [1.807, 2.05) is 48.5 Å². The Balaban J connectivity index is 1.55. The molecular formula is C28H30N6O7. The summed E-state index contributed by atoms with van der Waals surface area (Å²) in [6, 6.07) is 15.3. The van der Waals surface area contributed by atoms with Crippen molar-refractivity contribution in [3.8, 4) is 22.5 Å². The smallest absolute Gasteiger partial charge is 0.477 e. The topological polar surface area (TPSA) is 180 Å². The van der Waals surface area contributed by atoms with E-state index in [4.69, 9.17) is 13.6 Å². The van der Waals surface area contributed by atoms with Crippen molar-refractivity contribution in [2.24, 2.45) is 0 Å². The second kappa shape index (κ2) is 10.7. The Labute approximate surface area is 234 Å². The van der Waals surface area contributed by atoms with Gasteiger partial charge in [0, 0.05) is 19.2 Å². The van der Waals surface area contributed by atoms with Crippen LogP contribution in [0.1, 0.15) is 30.9 Å². The Bertz CT molecular complexity index is 1630. The van der Waals surface area contributed by atoms with Crippen LogP contribution >= 0.6 is 0 Å². The number of hydrogen-bond acceptors (Lipinski definition) is 11. The number of aryl methyl sites for hydroxylation is 1. The minimum atomic E-state index is -1.53. The molecule has 1 aliphatic heterocycles. The zero-order valence-corrected chi connectivity index (χ0v) is 23.0. The van der Waals surface area contributed by atoms with E-state index in [1.165, 1.54) is 21.0 Å². The minimum Gasteiger partial charge on any atom is -0.477 e. The molecule has 0 bridgehead atoms. The Morgan fingerprint density at radius 3 is 2.39 bits per heavy atom. The summed E-state index contributed by atoms with van der Waals surface area (Å²) in [7, 11) is 1.48. The molecule has 0 saturated heterocycles. The number of nitrogens with one attached hydrogen (secondary N) is 2. The molecule has 41 heavy (non-hydrogen) atoms. The molecule has 3 heterocycles. The van der Waals surface area contributed by atoms with E-state index in [9.17, 15) is 19.8 Å². The second-order valence-electron chi connectivity index (χ2n) is 10.4. The van der Waals surface area contributed by atoms with Crippen LogP contribution in [0.4, 0.5) is 0 Å². The summed E-state index contributed by atoms with van der Waals surface area (Å²) < 4.78 is 15.9. The molecule has 0 aliphatic carbocycles. The number of H-pyrrole nitrogens is 1. The first kappa shape index (κ1) is 27.8. The van der Waals surface area contributed by atoms with Crippen molar-refractivity contribution in [2.45, 2.75) is 45.0 Å². The lowest BCUT2D eigenvalue weighted by Crippen LogP contribution is -2.58. The van der Waals surface area contributed by atoms with Gasteiger partial charge < -0.3 is 34.0 Å². The third kappa shape index (κ3) is 5.36. The van der Waals surface area contributed by atoms with Crippen LogP contribution < -0.4 is 11.1 Å². The van der Waals surface area contributed by atoms with Crippen molar-refractivity contribution < 1.29 is 28.6 Å². The van der Waals surface area contributed by atoms with Gasteiger partial charge in [0.25, 0.3) is 0 Å². The van der Waals surface area contributed by atoms with E-state index in [-0.39, 0.29) is 42.5 Å². The lowest BCUT2D eigenvalue weighted by molar-refractivity contribution is -0.135. The van der Waals surface area contributed by atoms with Crippen LogP contribution in [0.2, 0.25) is 0 Å². The Morgan fingerprint density at radius 2 is 1.83 bits per heavy atom. The first-order valence-corrected chi connectivity index (χ1v) is 12.8. The van der Waals surface area contributed by atoms with Gasteiger partial charge in [0.15, 0.2) is 11.6 Å². The van der Waals surface area contributed by atoms with Gasteiger partial charge >= 0.3 is 11.8 Å². The van der Waals surface area contributed by atoms with Gasteiger partial charge in [-0.3, -0.25) is 0 Å². The molecule has 0 amide bonds. The standard InChI is InChI=1S/C28H30N6O7/c1-16-21(41-26(37)40-16)13-28(15-39-4)29-23(27(2,3)38)22(25(35)36)34(28)14-17-9-11-18(12-10-17)19-7-5-6-8-20(19)24-30-32-33-31-24/h5-12,29,38H,13-15H2,1-4H3,(H,35,36)(H,30,31,32,33). The minimum absolute atomic E-state index is 0.00559. The number of aliphatic carboxylic acids is 1. The average molecular weight is 563 g/mol. The predicted molar refractivity (Wildman–Crippen MR) is 145 cm³/mol. The predicted octanol–water partition coefficient (Wildman–Crippen LogP) is 2.45. The highest BCUT2D eigenvalue weighted by molar-refractivity contribution is 5.88. The molecule has 1 unspecified atom stereocenters. The molecule has 214 valence electrons. The first-order chi connectivity index (χ1) is 19.5. The summed E-state index contributed by atoms with van der Waals surface area (Å²) in [5.74, 6) is -1.05. The van der Waals surface area contributed by atoms with Crippen LogP contribution in [-0.2, 0) is 22.5 Å². The Kier molecular flexibility index (Phi) is 7.24. The lowest BCUT2D eigenvalue weighted by atomic mass is 9.97. The van der Waals surface area contributed by atoms with Crippen LogP contribution in [0.5, 0.6) is 0 Å². The number of rotatable bonds is 10. The number of carboxylic acid groups (broad SMARTS) is 1. The van der Waals surface area contributed by atoms with E-state index in [0.29, 0.717) is 5.82 Å². The fraction of sp³-hybridized carbons (Fsp3) is 0.321. The highest BCUT2D eigenvalue weighted by atomic mass is 16.6. The van der Waals surface area contributed by atoms with Gasteiger partial charge in [0.05, 0.1) is 18.7 Å². The fourth-order valence-electron chi connectivity index (χ4n) is 5.14. The largest absolute Gasteiger partial charge is 0.519 e. The molecule has 1 atom stereocenters. The van der Waals surface area contributed by atoms with Crippen LogP contribution in [0.25, 0.3) is 22.5 Å². The molecule has 0 spiro atoms. The van der Waals surface area contributed by atoms with Gasteiger partial charge in [-0.2, -0.15) is 0 Å². The SMILES string of the molecule is COCC1(Cc2oc(=O)oc2C)NC(C(C)(C)O)=C(C(=O)O)N1Cc1ccc(-c2ccccc2-c2nnn[nH]2)cc1. The van der Waals surface area contributed by atoms with Crippen LogP contribution in [0.15, 0.2) is 73.6 Å². The summed E-state index contributed by atoms with van der Waals surface area (Å²) in [6.07, 6.45) is 0.0193. The van der Waals surface area contributed by atoms with Gasteiger partial charge in [0.1, 0.15) is 22.7 Å². The normalized spacial score (nSPS) is 17.2. The highest BCUT2D eigenvalue weighted by Gasteiger charge is 2.51. The highest BCUT2D eigenvalue weighted by Crippen LogP contribution is 2.38. The molecule has 0 saturated carbocycles. The monoisotopic (exact) mass is 562 g/mol. The summed E-state index contributed by atoms with van der Waals surface area (Å²) in [5, 5.41) is 38.7. The maximum absolute atomic E-state index is 12.7. The van der Waals surface area contributed by atoms with Crippen molar-refractivity contribution in [3.63, 3.8) is 0 Å². The Hall–Kier alpha value is -4.75. The molecule has 13 nitrogen and oxygen atoms in total.